The molecular formula is C26H29N3O5. The van der Waals surface area contributed by atoms with Gasteiger partial charge in [-0.3, -0.25) is 19.3 Å². The standard InChI is InChI=1S/C26H29N3O5/c30-21-10-3-8-19-25(21)26(22-11-5-15-34-22)29(20-9-2-1-7-18(20)28-19)24(32)13-12-23(31)27-16-17-6-4-14-33-17/h1-2,5,7,9,11,15,17,26,28H,3-4,6,8,10,12-14,16H2,(H,27,31)/t17-,26-/m1/s1. The number of allylic oxidation sites excluding steroid dienone is 1. The number of ketones is 1. The molecule has 3 aliphatic rings. The zero-order chi connectivity index (χ0) is 23.5. The second-order valence-corrected chi connectivity index (χ2v) is 8.93. The fraction of sp³-hybridized carbons (Fsp3) is 0.423. The van der Waals surface area contributed by atoms with E-state index in [0.717, 1.165) is 43.7 Å². The number of rotatable bonds is 6. The SMILES string of the molecule is O=C(CCC(=O)N1c2ccccc2NC2=C(C(=O)CCC2)[C@H]1c1ccco1)NC[C@H]1CCCO1. The van der Waals surface area contributed by atoms with E-state index in [9.17, 15) is 14.4 Å². The fourth-order valence-electron chi connectivity index (χ4n) is 4.99. The van der Waals surface area contributed by atoms with Gasteiger partial charge >= 0.3 is 0 Å². The van der Waals surface area contributed by atoms with Gasteiger partial charge in [0.2, 0.25) is 11.8 Å². The number of hydrogen-bond acceptors (Lipinski definition) is 6. The molecule has 2 aliphatic heterocycles. The van der Waals surface area contributed by atoms with E-state index in [4.69, 9.17) is 9.15 Å². The molecule has 2 N–H and O–H groups in total. The zero-order valence-electron chi connectivity index (χ0n) is 19.0. The van der Waals surface area contributed by atoms with Gasteiger partial charge in [-0.05, 0) is 49.9 Å². The van der Waals surface area contributed by atoms with Gasteiger partial charge in [-0.25, -0.2) is 0 Å². The van der Waals surface area contributed by atoms with Gasteiger partial charge in [-0.2, -0.15) is 0 Å². The molecule has 8 nitrogen and oxygen atoms in total. The smallest absolute Gasteiger partial charge is 0.228 e. The van der Waals surface area contributed by atoms with Crippen LogP contribution in [0.5, 0.6) is 0 Å². The van der Waals surface area contributed by atoms with E-state index in [1.807, 2.05) is 24.3 Å². The molecule has 0 spiro atoms. The Morgan fingerprint density at radius 2 is 1.97 bits per heavy atom. The highest BCUT2D eigenvalue weighted by atomic mass is 16.5. The average Bonchev–Trinajstić information content (AvgIpc) is 3.53. The Labute approximate surface area is 198 Å². The Kier molecular flexibility index (Phi) is 6.49. The van der Waals surface area contributed by atoms with Gasteiger partial charge in [-0.15, -0.1) is 0 Å². The summed E-state index contributed by atoms with van der Waals surface area (Å²) in [5.41, 5.74) is 2.81. The molecular weight excluding hydrogens is 434 g/mol. The molecule has 1 aromatic heterocycles. The van der Waals surface area contributed by atoms with E-state index in [1.165, 1.54) is 0 Å². The Bertz CT molecular complexity index is 1100. The molecule has 0 bridgehead atoms. The van der Waals surface area contributed by atoms with Crippen LogP contribution in [0.15, 0.2) is 58.3 Å². The molecule has 3 heterocycles. The molecule has 1 saturated heterocycles. The Hall–Kier alpha value is -3.39. The highest BCUT2D eigenvalue weighted by molar-refractivity contribution is 6.06. The third kappa shape index (κ3) is 4.50. The molecule has 1 aromatic carbocycles. The summed E-state index contributed by atoms with van der Waals surface area (Å²) in [6, 6.07) is 10.4. The minimum atomic E-state index is -0.684. The molecule has 34 heavy (non-hydrogen) atoms. The van der Waals surface area contributed by atoms with Gasteiger partial charge in [0, 0.05) is 43.7 Å². The number of furan rings is 1. The second-order valence-electron chi connectivity index (χ2n) is 8.93. The number of nitrogens with zero attached hydrogens (tertiary/aromatic N) is 1. The molecule has 2 atom stereocenters. The number of Topliss-reactive ketones (excluding diaryl/α,β-unsaturated/α-hetero) is 1. The number of para-hydroxylation sites is 2. The molecule has 0 saturated carbocycles. The number of hydrogen-bond donors (Lipinski definition) is 2. The topological polar surface area (TPSA) is 101 Å². The van der Waals surface area contributed by atoms with Crippen LogP contribution < -0.4 is 15.5 Å². The second kappa shape index (κ2) is 9.85. The van der Waals surface area contributed by atoms with E-state index in [0.29, 0.717) is 30.0 Å². The van der Waals surface area contributed by atoms with Gasteiger partial charge in [0.15, 0.2) is 5.78 Å². The highest BCUT2D eigenvalue weighted by Crippen LogP contribution is 2.45. The first kappa shape index (κ1) is 22.4. The zero-order valence-corrected chi connectivity index (χ0v) is 19.0. The van der Waals surface area contributed by atoms with Crippen LogP contribution in [0.2, 0.25) is 0 Å². The van der Waals surface area contributed by atoms with Crippen LogP contribution in [-0.4, -0.2) is 36.9 Å². The Morgan fingerprint density at radius 3 is 2.76 bits per heavy atom. The van der Waals surface area contributed by atoms with Crippen LogP contribution in [0.3, 0.4) is 0 Å². The number of fused-ring (bicyclic) bond motifs is 1. The number of carbonyl (C=O) groups is 3. The van der Waals surface area contributed by atoms with Crippen LogP contribution in [0.4, 0.5) is 11.4 Å². The molecule has 5 rings (SSSR count). The first-order valence-electron chi connectivity index (χ1n) is 12.0. The van der Waals surface area contributed by atoms with E-state index < -0.39 is 6.04 Å². The highest BCUT2D eigenvalue weighted by Gasteiger charge is 2.40. The van der Waals surface area contributed by atoms with Crippen molar-refractivity contribution in [3.63, 3.8) is 0 Å². The van der Waals surface area contributed by atoms with Crippen LogP contribution in [0.25, 0.3) is 0 Å². The molecule has 2 aromatic rings. The average molecular weight is 464 g/mol. The van der Waals surface area contributed by atoms with Gasteiger partial charge in [0.1, 0.15) is 11.8 Å². The summed E-state index contributed by atoms with van der Waals surface area (Å²) in [4.78, 5) is 40.9. The third-order valence-corrected chi connectivity index (χ3v) is 6.64. The van der Waals surface area contributed by atoms with E-state index in [1.54, 1.807) is 23.3 Å². The lowest BCUT2D eigenvalue weighted by Gasteiger charge is -2.32. The van der Waals surface area contributed by atoms with Gasteiger partial charge in [-0.1, -0.05) is 12.1 Å². The minimum absolute atomic E-state index is 0.00932. The van der Waals surface area contributed by atoms with E-state index in [-0.39, 0.29) is 36.5 Å². The van der Waals surface area contributed by atoms with Crippen LogP contribution in [0.1, 0.15) is 56.7 Å². The van der Waals surface area contributed by atoms with Crippen molar-refractivity contribution in [2.45, 2.75) is 57.1 Å². The van der Waals surface area contributed by atoms with Crippen molar-refractivity contribution in [2.75, 3.05) is 23.4 Å². The molecule has 8 heteroatoms. The predicted octanol–water partition coefficient (Wildman–Crippen LogP) is 3.86. The van der Waals surface area contributed by atoms with Crippen molar-refractivity contribution in [1.29, 1.82) is 0 Å². The van der Waals surface area contributed by atoms with Crippen LogP contribution in [-0.2, 0) is 19.1 Å². The normalized spacial score (nSPS) is 22.0. The van der Waals surface area contributed by atoms with Crippen molar-refractivity contribution >= 4 is 29.0 Å². The number of carbonyl (C=O) groups excluding carboxylic acids is 3. The van der Waals surface area contributed by atoms with E-state index in [2.05, 4.69) is 10.6 Å². The quantitative estimate of drug-likeness (QED) is 0.675. The molecule has 178 valence electrons. The van der Waals surface area contributed by atoms with Crippen molar-refractivity contribution in [3.8, 4) is 0 Å². The number of anilines is 2. The molecule has 2 amide bonds. The summed E-state index contributed by atoms with van der Waals surface area (Å²) >= 11 is 0. The van der Waals surface area contributed by atoms with Crippen molar-refractivity contribution in [3.05, 3.63) is 59.7 Å². The van der Waals surface area contributed by atoms with Crippen molar-refractivity contribution in [1.82, 2.24) is 5.32 Å². The maximum absolute atomic E-state index is 13.7. The first-order chi connectivity index (χ1) is 16.6. The number of amides is 2. The fourth-order valence-corrected chi connectivity index (χ4v) is 4.99. The van der Waals surface area contributed by atoms with Crippen LogP contribution >= 0.6 is 0 Å². The lowest BCUT2D eigenvalue weighted by Crippen LogP contribution is -2.39. The van der Waals surface area contributed by atoms with Crippen molar-refractivity contribution in [2.24, 2.45) is 0 Å². The lowest BCUT2D eigenvalue weighted by molar-refractivity contribution is -0.125. The van der Waals surface area contributed by atoms with Gasteiger partial charge < -0.3 is 19.8 Å². The lowest BCUT2D eigenvalue weighted by atomic mass is 9.88. The maximum atomic E-state index is 13.7. The Morgan fingerprint density at radius 1 is 1.09 bits per heavy atom. The predicted molar refractivity (Wildman–Crippen MR) is 126 cm³/mol. The number of nitrogens with one attached hydrogen (secondary N) is 2. The van der Waals surface area contributed by atoms with Crippen molar-refractivity contribution < 1.29 is 23.5 Å². The molecule has 0 radical (unpaired) electrons. The summed E-state index contributed by atoms with van der Waals surface area (Å²) in [6.45, 7) is 1.19. The molecule has 1 fully saturated rings. The first-order valence-corrected chi connectivity index (χ1v) is 12.0. The number of ether oxygens (including phenoxy) is 1. The van der Waals surface area contributed by atoms with Crippen LogP contribution in [0, 0.1) is 0 Å². The van der Waals surface area contributed by atoms with E-state index >= 15 is 0 Å². The summed E-state index contributed by atoms with van der Waals surface area (Å²) in [5, 5.41) is 6.29. The largest absolute Gasteiger partial charge is 0.467 e. The summed E-state index contributed by atoms with van der Waals surface area (Å²) < 4.78 is 11.3. The minimum Gasteiger partial charge on any atom is -0.467 e. The summed E-state index contributed by atoms with van der Waals surface area (Å²) in [7, 11) is 0. The number of benzene rings is 1. The molecule has 1 aliphatic carbocycles. The summed E-state index contributed by atoms with van der Waals surface area (Å²) in [6.07, 6.45) is 5.53. The third-order valence-electron chi connectivity index (χ3n) is 6.64. The summed E-state index contributed by atoms with van der Waals surface area (Å²) in [5.74, 6) is 0.107. The van der Waals surface area contributed by atoms with Gasteiger partial charge in [0.25, 0.3) is 0 Å². The monoisotopic (exact) mass is 463 g/mol. The Balaban J connectivity index is 1.43. The van der Waals surface area contributed by atoms with Gasteiger partial charge in [0.05, 0.1) is 23.7 Å². The maximum Gasteiger partial charge on any atom is 0.228 e. The molecule has 0 unspecified atom stereocenters.